The van der Waals surface area contributed by atoms with Crippen LogP contribution in [-0.2, 0) is 0 Å². The number of amides is 1. The van der Waals surface area contributed by atoms with Crippen molar-refractivity contribution in [3.05, 3.63) is 41.7 Å². The molecule has 2 aliphatic rings. The van der Waals surface area contributed by atoms with Crippen molar-refractivity contribution in [1.82, 2.24) is 9.97 Å². The Bertz CT molecular complexity index is 829. The largest absolute Gasteiger partial charge is 0.475 e. The van der Waals surface area contributed by atoms with E-state index < -0.39 is 0 Å². The number of aromatic nitrogens is 2. The van der Waals surface area contributed by atoms with Crippen LogP contribution < -0.4 is 15.4 Å². The Balaban J connectivity index is 1.50. The number of carbonyl (C=O) groups excluding carboxylic acids is 1. The van der Waals surface area contributed by atoms with Gasteiger partial charge in [0.1, 0.15) is 24.3 Å². The van der Waals surface area contributed by atoms with Crippen LogP contribution in [0.15, 0.2) is 30.6 Å². The van der Waals surface area contributed by atoms with Gasteiger partial charge in [0.2, 0.25) is 5.88 Å². The summed E-state index contributed by atoms with van der Waals surface area (Å²) in [5.74, 6) is 1.75. The molecule has 0 radical (unpaired) electrons. The van der Waals surface area contributed by atoms with Gasteiger partial charge in [-0.05, 0) is 55.2 Å². The SMILES string of the molecule is CCCC1CCC(c2ccc(N3CCOc4ncnc(N)c4C3=O)cc2)CC1. The molecule has 1 fully saturated rings. The Morgan fingerprint density at radius 2 is 1.89 bits per heavy atom. The summed E-state index contributed by atoms with van der Waals surface area (Å²) in [5, 5.41) is 0. The summed E-state index contributed by atoms with van der Waals surface area (Å²) in [5.41, 5.74) is 8.40. The quantitative estimate of drug-likeness (QED) is 0.861. The Kier molecular flexibility index (Phi) is 5.46. The minimum atomic E-state index is -0.210. The fourth-order valence-corrected chi connectivity index (χ4v) is 4.53. The molecule has 1 saturated carbocycles. The molecule has 0 unspecified atom stereocenters. The molecule has 1 aromatic carbocycles. The third-order valence-electron chi connectivity index (χ3n) is 6.07. The van der Waals surface area contributed by atoms with E-state index in [1.807, 2.05) is 12.1 Å². The summed E-state index contributed by atoms with van der Waals surface area (Å²) in [4.78, 5) is 22.7. The van der Waals surface area contributed by atoms with E-state index in [2.05, 4.69) is 29.0 Å². The van der Waals surface area contributed by atoms with Crippen molar-refractivity contribution in [3.8, 4) is 5.88 Å². The number of fused-ring (bicyclic) bond motifs is 1. The van der Waals surface area contributed by atoms with Crippen molar-refractivity contribution in [3.63, 3.8) is 0 Å². The number of carbonyl (C=O) groups is 1. The summed E-state index contributed by atoms with van der Waals surface area (Å²) in [6.07, 6.45) is 9.16. The molecule has 1 aromatic heterocycles. The number of benzene rings is 1. The lowest BCUT2D eigenvalue weighted by Crippen LogP contribution is -2.32. The molecular weight excluding hydrogens is 352 g/mol. The van der Waals surface area contributed by atoms with Gasteiger partial charge in [-0.15, -0.1) is 0 Å². The van der Waals surface area contributed by atoms with Gasteiger partial charge in [-0.25, -0.2) is 9.97 Å². The Morgan fingerprint density at radius 3 is 2.61 bits per heavy atom. The number of nitrogen functional groups attached to an aromatic ring is 1. The minimum absolute atomic E-state index is 0.155. The minimum Gasteiger partial charge on any atom is -0.475 e. The van der Waals surface area contributed by atoms with Crippen LogP contribution in [0.5, 0.6) is 5.88 Å². The maximum Gasteiger partial charge on any atom is 0.267 e. The van der Waals surface area contributed by atoms with Crippen molar-refractivity contribution in [1.29, 1.82) is 0 Å². The molecule has 2 aromatic rings. The van der Waals surface area contributed by atoms with Crippen LogP contribution in [0.3, 0.4) is 0 Å². The average molecular weight is 380 g/mol. The molecule has 1 amide bonds. The first-order chi connectivity index (χ1) is 13.7. The number of hydrogen-bond donors (Lipinski definition) is 1. The summed E-state index contributed by atoms with van der Waals surface area (Å²) < 4.78 is 5.61. The van der Waals surface area contributed by atoms with E-state index in [1.54, 1.807) is 4.90 Å². The molecule has 4 rings (SSSR count). The molecule has 1 aliphatic heterocycles. The summed E-state index contributed by atoms with van der Waals surface area (Å²) in [7, 11) is 0. The number of anilines is 2. The number of ether oxygens (including phenoxy) is 1. The zero-order valence-electron chi connectivity index (χ0n) is 16.4. The maximum absolute atomic E-state index is 13.0. The summed E-state index contributed by atoms with van der Waals surface area (Å²) in [6, 6.07) is 8.42. The lowest BCUT2D eigenvalue weighted by Gasteiger charge is -2.29. The highest BCUT2D eigenvalue weighted by molar-refractivity contribution is 6.10. The molecule has 2 heterocycles. The standard InChI is InChI=1S/C22H28N4O2/c1-2-3-15-4-6-16(7-5-15)17-8-10-18(11-9-17)26-12-13-28-21-19(22(26)27)20(23)24-14-25-21/h8-11,14-16H,2-7,12-13H2,1H3,(H2,23,24,25). The number of rotatable bonds is 4. The number of nitrogens with zero attached hydrogens (tertiary/aromatic N) is 3. The predicted octanol–water partition coefficient (Wildman–Crippen LogP) is 4.17. The average Bonchev–Trinajstić information content (AvgIpc) is 2.89. The predicted molar refractivity (Wildman–Crippen MR) is 110 cm³/mol. The third kappa shape index (κ3) is 3.68. The molecule has 1 aliphatic carbocycles. The first-order valence-corrected chi connectivity index (χ1v) is 10.3. The van der Waals surface area contributed by atoms with Crippen molar-refractivity contribution in [2.24, 2.45) is 5.92 Å². The second kappa shape index (κ2) is 8.17. The zero-order chi connectivity index (χ0) is 19.5. The van der Waals surface area contributed by atoms with Gasteiger partial charge in [0, 0.05) is 5.69 Å². The smallest absolute Gasteiger partial charge is 0.267 e. The highest BCUT2D eigenvalue weighted by Crippen LogP contribution is 2.38. The van der Waals surface area contributed by atoms with E-state index in [9.17, 15) is 4.79 Å². The van der Waals surface area contributed by atoms with Gasteiger partial charge >= 0.3 is 0 Å². The molecule has 0 atom stereocenters. The van der Waals surface area contributed by atoms with Gasteiger partial charge < -0.3 is 15.4 Å². The summed E-state index contributed by atoms with van der Waals surface area (Å²) >= 11 is 0. The highest BCUT2D eigenvalue weighted by Gasteiger charge is 2.29. The van der Waals surface area contributed by atoms with Gasteiger partial charge in [0.05, 0.1) is 6.54 Å². The van der Waals surface area contributed by atoms with Gasteiger partial charge in [-0.2, -0.15) is 0 Å². The molecule has 148 valence electrons. The Morgan fingerprint density at radius 1 is 1.14 bits per heavy atom. The lowest BCUT2D eigenvalue weighted by atomic mass is 9.77. The third-order valence-corrected chi connectivity index (χ3v) is 6.07. The lowest BCUT2D eigenvalue weighted by molar-refractivity contribution is 0.0990. The van der Waals surface area contributed by atoms with Crippen LogP contribution in [0.4, 0.5) is 11.5 Å². The van der Waals surface area contributed by atoms with E-state index in [-0.39, 0.29) is 23.2 Å². The van der Waals surface area contributed by atoms with Gasteiger partial charge in [0.15, 0.2) is 0 Å². The number of hydrogen-bond acceptors (Lipinski definition) is 5. The van der Waals surface area contributed by atoms with Crippen LogP contribution in [0, 0.1) is 5.92 Å². The molecule has 28 heavy (non-hydrogen) atoms. The zero-order valence-corrected chi connectivity index (χ0v) is 16.4. The van der Waals surface area contributed by atoms with Crippen molar-refractivity contribution < 1.29 is 9.53 Å². The highest BCUT2D eigenvalue weighted by atomic mass is 16.5. The molecule has 6 heteroatoms. The van der Waals surface area contributed by atoms with E-state index in [4.69, 9.17) is 10.5 Å². The second-order valence-corrected chi connectivity index (χ2v) is 7.84. The molecule has 0 spiro atoms. The Labute approximate surface area is 166 Å². The molecule has 6 nitrogen and oxygen atoms in total. The molecule has 0 saturated heterocycles. The first kappa shape index (κ1) is 18.7. The molecule has 0 bridgehead atoms. The van der Waals surface area contributed by atoms with E-state index in [0.717, 1.165) is 11.6 Å². The van der Waals surface area contributed by atoms with E-state index in [1.165, 1.54) is 50.4 Å². The maximum atomic E-state index is 13.0. The normalized spacial score (nSPS) is 22.3. The van der Waals surface area contributed by atoms with Gasteiger partial charge in [-0.3, -0.25) is 4.79 Å². The van der Waals surface area contributed by atoms with Crippen LogP contribution in [0.25, 0.3) is 0 Å². The second-order valence-electron chi connectivity index (χ2n) is 7.84. The fraction of sp³-hybridized carbons (Fsp3) is 0.500. The van der Waals surface area contributed by atoms with Gasteiger partial charge in [-0.1, -0.05) is 31.9 Å². The van der Waals surface area contributed by atoms with Crippen molar-refractivity contribution in [2.75, 3.05) is 23.8 Å². The van der Waals surface area contributed by atoms with Crippen LogP contribution in [0.2, 0.25) is 0 Å². The van der Waals surface area contributed by atoms with Crippen molar-refractivity contribution >= 4 is 17.4 Å². The monoisotopic (exact) mass is 380 g/mol. The van der Waals surface area contributed by atoms with Gasteiger partial charge in [0.25, 0.3) is 5.91 Å². The van der Waals surface area contributed by atoms with E-state index >= 15 is 0 Å². The Hall–Kier alpha value is -2.63. The molecular formula is C22H28N4O2. The molecule has 2 N–H and O–H groups in total. The van der Waals surface area contributed by atoms with Crippen LogP contribution >= 0.6 is 0 Å². The van der Waals surface area contributed by atoms with E-state index in [0.29, 0.717) is 19.1 Å². The summed E-state index contributed by atoms with van der Waals surface area (Å²) in [6.45, 7) is 3.10. The van der Waals surface area contributed by atoms with Crippen LogP contribution in [-0.4, -0.2) is 29.0 Å². The fourth-order valence-electron chi connectivity index (χ4n) is 4.53. The van der Waals surface area contributed by atoms with Crippen molar-refractivity contribution in [2.45, 2.75) is 51.4 Å². The number of nitrogens with two attached hydrogens (primary N) is 1. The topological polar surface area (TPSA) is 81.3 Å². The first-order valence-electron chi connectivity index (χ1n) is 10.3. The van der Waals surface area contributed by atoms with Crippen LogP contribution in [0.1, 0.15) is 67.3 Å².